The second kappa shape index (κ2) is 7.10. The lowest BCUT2D eigenvalue weighted by molar-refractivity contribution is 0.0659. The van der Waals surface area contributed by atoms with Crippen molar-refractivity contribution < 1.29 is 19.1 Å². The maximum absolute atomic E-state index is 11.6. The monoisotopic (exact) mass is 292 g/mol. The molecule has 1 heterocycles. The number of carbonyl (C=O) groups is 1. The van der Waals surface area contributed by atoms with Gasteiger partial charge in [-0.2, -0.15) is 0 Å². The number of furan rings is 1. The second-order valence-electron chi connectivity index (χ2n) is 4.82. The average molecular weight is 292 g/mol. The molecule has 0 aliphatic rings. The van der Waals surface area contributed by atoms with E-state index in [4.69, 9.17) is 9.15 Å². The SMILES string of the molecule is COCC(O)CNC(=O)NCc1oc2ccccc2c1C. The molecule has 21 heavy (non-hydrogen) atoms. The molecular formula is C15H20N2O4. The van der Waals surface area contributed by atoms with Gasteiger partial charge in [-0.15, -0.1) is 0 Å². The summed E-state index contributed by atoms with van der Waals surface area (Å²) in [5.74, 6) is 0.726. The normalized spacial score (nSPS) is 12.3. The number of aryl methyl sites for hydroxylation is 1. The van der Waals surface area contributed by atoms with Gasteiger partial charge in [-0.05, 0) is 13.0 Å². The molecule has 0 saturated heterocycles. The van der Waals surface area contributed by atoms with Gasteiger partial charge in [0.1, 0.15) is 11.3 Å². The lowest BCUT2D eigenvalue weighted by Gasteiger charge is -2.11. The molecular weight excluding hydrogens is 272 g/mol. The predicted octanol–water partition coefficient (Wildman–Crippen LogP) is 1.55. The van der Waals surface area contributed by atoms with Gasteiger partial charge in [0.15, 0.2) is 0 Å². The summed E-state index contributed by atoms with van der Waals surface area (Å²) in [6.45, 7) is 2.58. The van der Waals surface area contributed by atoms with E-state index < -0.39 is 6.10 Å². The van der Waals surface area contributed by atoms with E-state index in [-0.39, 0.29) is 19.2 Å². The molecule has 0 aliphatic heterocycles. The molecule has 0 bridgehead atoms. The van der Waals surface area contributed by atoms with Crippen LogP contribution < -0.4 is 10.6 Å². The number of para-hydroxylation sites is 1. The molecule has 1 aromatic heterocycles. The van der Waals surface area contributed by atoms with Crippen LogP contribution >= 0.6 is 0 Å². The van der Waals surface area contributed by atoms with Crippen LogP contribution in [-0.2, 0) is 11.3 Å². The number of fused-ring (bicyclic) bond motifs is 1. The minimum atomic E-state index is -0.714. The van der Waals surface area contributed by atoms with E-state index in [1.165, 1.54) is 7.11 Å². The van der Waals surface area contributed by atoms with Crippen LogP contribution in [0.4, 0.5) is 4.79 Å². The first-order chi connectivity index (χ1) is 10.1. The molecule has 3 N–H and O–H groups in total. The van der Waals surface area contributed by atoms with Crippen molar-refractivity contribution in [2.75, 3.05) is 20.3 Å². The maximum atomic E-state index is 11.6. The Morgan fingerprint density at radius 2 is 2.14 bits per heavy atom. The lowest BCUT2D eigenvalue weighted by atomic mass is 10.1. The Morgan fingerprint density at radius 3 is 2.86 bits per heavy atom. The van der Waals surface area contributed by atoms with E-state index in [1.54, 1.807) is 0 Å². The first-order valence-corrected chi connectivity index (χ1v) is 6.77. The topological polar surface area (TPSA) is 83.7 Å². The van der Waals surface area contributed by atoms with Gasteiger partial charge in [0.05, 0.1) is 19.3 Å². The largest absolute Gasteiger partial charge is 0.459 e. The second-order valence-corrected chi connectivity index (χ2v) is 4.82. The third kappa shape index (κ3) is 3.96. The molecule has 0 fully saturated rings. The van der Waals surface area contributed by atoms with E-state index in [1.807, 2.05) is 31.2 Å². The number of carbonyl (C=O) groups excluding carboxylic acids is 1. The number of ether oxygens (including phenoxy) is 1. The number of benzene rings is 1. The summed E-state index contributed by atoms with van der Waals surface area (Å²) >= 11 is 0. The van der Waals surface area contributed by atoms with Gasteiger partial charge in [-0.3, -0.25) is 0 Å². The zero-order valence-corrected chi connectivity index (χ0v) is 12.2. The van der Waals surface area contributed by atoms with Crippen LogP contribution in [0.5, 0.6) is 0 Å². The first kappa shape index (κ1) is 15.3. The third-order valence-electron chi connectivity index (χ3n) is 3.21. The fourth-order valence-electron chi connectivity index (χ4n) is 2.08. The van der Waals surface area contributed by atoms with Crippen LogP contribution in [0.2, 0.25) is 0 Å². The zero-order chi connectivity index (χ0) is 15.2. The highest BCUT2D eigenvalue weighted by Gasteiger charge is 2.11. The van der Waals surface area contributed by atoms with Crippen LogP contribution in [-0.4, -0.2) is 37.5 Å². The van der Waals surface area contributed by atoms with Crippen molar-refractivity contribution in [1.82, 2.24) is 10.6 Å². The van der Waals surface area contributed by atoms with Gasteiger partial charge < -0.3 is 24.9 Å². The summed E-state index contributed by atoms with van der Waals surface area (Å²) in [5.41, 5.74) is 1.83. The van der Waals surface area contributed by atoms with Gasteiger partial charge >= 0.3 is 6.03 Å². The lowest BCUT2D eigenvalue weighted by Crippen LogP contribution is -2.40. The van der Waals surface area contributed by atoms with Gasteiger partial charge in [0.25, 0.3) is 0 Å². The molecule has 0 saturated carbocycles. The molecule has 1 atom stereocenters. The van der Waals surface area contributed by atoms with E-state index in [9.17, 15) is 9.90 Å². The van der Waals surface area contributed by atoms with Crippen LogP contribution in [0.1, 0.15) is 11.3 Å². The summed E-state index contributed by atoms with van der Waals surface area (Å²) in [5, 5.41) is 15.8. The Bertz CT molecular complexity index is 609. The van der Waals surface area contributed by atoms with Crippen molar-refractivity contribution >= 4 is 17.0 Å². The van der Waals surface area contributed by atoms with Crippen LogP contribution in [0.3, 0.4) is 0 Å². The van der Waals surface area contributed by atoms with E-state index >= 15 is 0 Å². The molecule has 2 amide bonds. The summed E-state index contributed by atoms with van der Waals surface area (Å²) in [7, 11) is 1.49. The molecule has 0 aliphatic carbocycles. The maximum Gasteiger partial charge on any atom is 0.315 e. The highest BCUT2D eigenvalue weighted by Crippen LogP contribution is 2.24. The van der Waals surface area contributed by atoms with Crippen molar-refractivity contribution in [3.8, 4) is 0 Å². The Kier molecular flexibility index (Phi) is 5.19. The zero-order valence-electron chi connectivity index (χ0n) is 12.2. The standard InChI is InChI=1S/C15H20N2O4/c1-10-12-5-3-4-6-13(12)21-14(10)8-17-15(19)16-7-11(18)9-20-2/h3-6,11,18H,7-9H2,1-2H3,(H2,16,17,19). The number of aliphatic hydroxyl groups excluding tert-OH is 1. The summed E-state index contributed by atoms with van der Waals surface area (Å²) in [6, 6.07) is 7.38. The van der Waals surface area contributed by atoms with E-state index in [2.05, 4.69) is 10.6 Å². The highest BCUT2D eigenvalue weighted by atomic mass is 16.5. The Morgan fingerprint density at radius 1 is 1.38 bits per heavy atom. The number of hydrogen-bond donors (Lipinski definition) is 3. The molecule has 6 nitrogen and oxygen atoms in total. The Labute approximate surface area is 123 Å². The number of nitrogens with one attached hydrogen (secondary N) is 2. The van der Waals surface area contributed by atoms with Crippen molar-refractivity contribution in [3.05, 3.63) is 35.6 Å². The summed E-state index contributed by atoms with van der Waals surface area (Å²) in [6.07, 6.45) is -0.714. The molecule has 1 aromatic carbocycles. The summed E-state index contributed by atoms with van der Waals surface area (Å²) in [4.78, 5) is 11.6. The smallest absolute Gasteiger partial charge is 0.315 e. The third-order valence-corrected chi connectivity index (χ3v) is 3.21. The Balaban J connectivity index is 1.87. The van der Waals surface area contributed by atoms with Crippen molar-refractivity contribution in [1.29, 1.82) is 0 Å². The highest BCUT2D eigenvalue weighted by molar-refractivity contribution is 5.82. The molecule has 0 spiro atoms. The van der Waals surface area contributed by atoms with Gasteiger partial charge in [0.2, 0.25) is 0 Å². The molecule has 114 valence electrons. The number of amides is 2. The minimum Gasteiger partial charge on any atom is -0.459 e. The average Bonchev–Trinajstić information content (AvgIpc) is 2.80. The van der Waals surface area contributed by atoms with Crippen LogP contribution in [0, 0.1) is 6.92 Å². The Hall–Kier alpha value is -2.05. The molecule has 2 aromatic rings. The van der Waals surface area contributed by atoms with Crippen LogP contribution in [0.15, 0.2) is 28.7 Å². The van der Waals surface area contributed by atoms with Gasteiger partial charge in [0, 0.05) is 24.6 Å². The first-order valence-electron chi connectivity index (χ1n) is 6.77. The molecule has 1 unspecified atom stereocenters. The van der Waals surface area contributed by atoms with E-state index in [0.29, 0.717) is 6.54 Å². The molecule has 6 heteroatoms. The predicted molar refractivity (Wildman–Crippen MR) is 79.1 cm³/mol. The molecule has 0 radical (unpaired) electrons. The number of methoxy groups -OCH3 is 1. The number of aliphatic hydroxyl groups is 1. The number of hydrogen-bond acceptors (Lipinski definition) is 4. The van der Waals surface area contributed by atoms with Gasteiger partial charge in [-0.25, -0.2) is 4.79 Å². The van der Waals surface area contributed by atoms with Crippen molar-refractivity contribution in [2.45, 2.75) is 19.6 Å². The van der Waals surface area contributed by atoms with Crippen molar-refractivity contribution in [2.24, 2.45) is 0 Å². The minimum absolute atomic E-state index is 0.138. The number of rotatable bonds is 6. The van der Waals surface area contributed by atoms with Crippen molar-refractivity contribution in [3.63, 3.8) is 0 Å². The van der Waals surface area contributed by atoms with E-state index in [0.717, 1.165) is 22.3 Å². The van der Waals surface area contributed by atoms with Gasteiger partial charge in [-0.1, -0.05) is 18.2 Å². The van der Waals surface area contributed by atoms with Crippen LogP contribution in [0.25, 0.3) is 11.0 Å². The summed E-state index contributed by atoms with van der Waals surface area (Å²) < 4.78 is 10.5. The number of urea groups is 1. The fourth-order valence-corrected chi connectivity index (χ4v) is 2.08. The fraction of sp³-hybridized carbons (Fsp3) is 0.400. The molecule has 2 rings (SSSR count). The quantitative estimate of drug-likeness (QED) is 0.754.